The minimum absolute atomic E-state index is 0.0380. The number of carbonyl (C=O) groups excluding carboxylic acids is 2. The first-order chi connectivity index (χ1) is 10.5. The Kier molecular flexibility index (Phi) is 5.27. The van der Waals surface area contributed by atoms with Gasteiger partial charge >= 0.3 is 11.1 Å². The summed E-state index contributed by atoms with van der Waals surface area (Å²) in [4.78, 5) is 24.0. The van der Waals surface area contributed by atoms with Gasteiger partial charge in [0.15, 0.2) is 6.54 Å². The molecule has 0 saturated heterocycles. The lowest BCUT2D eigenvalue weighted by Gasteiger charge is -2.05. The molecule has 0 aliphatic heterocycles. The third-order valence-electron chi connectivity index (χ3n) is 3.20. The van der Waals surface area contributed by atoms with Crippen LogP contribution in [0.3, 0.4) is 0 Å². The number of Topliss-reactive ketones (excluding diaryl/α,β-unsaturated/α-hetero) is 1. The molecule has 6 heteroatoms. The summed E-state index contributed by atoms with van der Waals surface area (Å²) in [6.07, 6.45) is 0.114. The van der Waals surface area contributed by atoms with Gasteiger partial charge in [0.2, 0.25) is 5.78 Å². The van der Waals surface area contributed by atoms with E-state index >= 15 is 0 Å². The minimum Gasteiger partial charge on any atom is -0.466 e. The van der Waals surface area contributed by atoms with Crippen molar-refractivity contribution < 1.29 is 18.9 Å². The van der Waals surface area contributed by atoms with Crippen molar-refractivity contribution in [1.82, 2.24) is 0 Å². The Labute approximate surface area is 133 Å². The Morgan fingerprint density at radius 2 is 2.14 bits per heavy atom. The van der Waals surface area contributed by atoms with Crippen molar-refractivity contribution in [2.24, 2.45) is 0 Å². The first-order valence-corrected chi connectivity index (χ1v) is 7.90. The zero-order valence-electron chi connectivity index (χ0n) is 12.7. The molecule has 0 amide bonds. The van der Waals surface area contributed by atoms with Gasteiger partial charge in [-0.1, -0.05) is 35.1 Å². The van der Waals surface area contributed by atoms with Crippen LogP contribution < -0.4 is 10.3 Å². The number of nitrogens with zero attached hydrogens (tertiary/aromatic N) is 1. The molecule has 1 aromatic heterocycles. The van der Waals surface area contributed by atoms with Crippen LogP contribution in [0, 0.1) is 6.92 Å². The van der Waals surface area contributed by atoms with Crippen molar-refractivity contribution in [3.63, 3.8) is 0 Å². The van der Waals surface area contributed by atoms with Crippen LogP contribution in [0.2, 0.25) is 0 Å². The Balaban J connectivity index is 2.17. The van der Waals surface area contributed by atoms with E-state index in [4.69, 9.17) is 10.5 Å². The highest BCUT2D eigenvalue weighted by Gasteiger charge is 2.21. The predicted molar refractivity (Wildman–Crippen MR) is 84.8 cm³/mol. The lowest BCUT2D eigenvalue weighted by atomic mass is 10.1. The van der Waals surface area contributed by atoms with E-state index in [1.54, 1.807) is 22.9 Å². The molecule has 0 aliphatic carbocycles. The number of esters is 1. The van der Waals surface area contributed by atoms with E-state index in [0.717, 1.165) is 5.56 Å². The number of hydrogen-bond donors (Lipinski definition) is 1. The zero-order chi connectivity index (χ0) is 16.1. The summed E-state index contributed by atoms with van der Waals surface area (Å²) in [5.74, 6) is -0.360. The number of nitrogen functional groups attached to an aromatic ring is 1. The largest absolute Gasteiger partial charge is 0.466 e. The number of hydrogen-bond acceptors (Lipinski definition) is 5. The van der Waals surface area contributed by atoms with Gasteiger partial charge in [-0.05, 0) is 19.9 Å². The molecule has 0 atom stereocenters. The average Bonchev–Trinajstić information content (AvgIpc) is 2.80. The molecule has 0 bridgehead atoms. The second kappa shape index (κ2) is 7.17. The second-order valence-corrected chi connectivity index (χ2v) is 5.82. The van der Waals surface area contributed by atoms with Gasteiger partial charge in [0, 0.05) is 10.9 Å². The molecule has 0 aliphatic rings. The van der Waals surface area contributed by atoms with Crippen molar-refractivity contribution in [1.29, 1.82) is 0 Å². The van der Waals surface area contributed by atoms with E-state index in [1.807, 2.05) is 25.1 Å². The fraction of sp³-hybridized carbons (Fsp3) is 0.312. The molecular weight excluding hydrogens is 300 g/mol. The van der Waals surface area contributed by atoms with Gasteiger partial charge in [-0.15, -0.1) is 0 Å². The maximum absolute atomic E-state index is 12.4. The molecular formula is C16H19N2O3S+. The SMILES string of the molecule is CCOC(=O)Cc1csc(N)[n+]1CC(=O)c1cccc(C)c1. The summed E-state index contributed by atoms with van der Waals surface area (Å²) in [6, 6.07) is 7.42. The monoisotopic (exact) mass is 319 g/mol. The Bertz CT molecular complexity index is 694. The van der Waals surface area contributed by atoms with E-state index < -0.39 is 0 Å². The lowest BCUT2D eigenvalue weighted by molar-refractivity contribution is -0.671. The fourth-order valence-electron chi connectivity index (χ4n) is 2.13. The molecule has 2 aromatic rings. The first kappa shape index (κ1) is 16.2. The number of ketones is 1. The summed E-state index contributed by atoms with van der Waals surface area (Å²) in [6.45, 7) is 4.15. The zero-order valence-corrected chi connectivity index (χ0v) is 13.5. The summed E-state index contributed by atoms with van der Waals surface area (Å²) >= 11 is 1.31. The first-order valence-electron chi connectivity index (χ1n) is 7.02. The van der Waals surface area contributed by atoms with Crippen molar-refractivity contribution >= 4 is 28.2 Å². The Hall–Kier alpha value is -2.21. The van der Waals surface area contributed by atoms with Gasteiger partial charge in [-0.2, -0.15) is 0 Å². The maximum Gasteiger partial charge on any atom is 0.332 e. The van der Waals surface area contributed by atoms with Gasteiger partial charge in [0.05, 0.1) is 6.61 Å². The van der Waals surface area contributed by atoms with E-state index in [2.05, 4.69) is 0 Å². The Morgan fingerprint density at radius 1 is 1.36 bits per heavy atom. The molecule has 1 heterocycles. The number of ether oxygens (including phenoxy) is 1. The molecule has 0 spiro atoms. The fourth-order valence-corrected chi connectivity index (χ4v) is 2.90. The van der Waals surface area contributed by atoms with Crippen LogP contribution in [-0.4, -0.2) is 18.4 Å². The van der Waals surface area contributed by atoms with E-state index in [0.29, 0.717) is 23.0 Å². The molecule has 1 aromatic carbocycles. The summed E-state index contributed by atoms with van der Waals surface area (Å²) in [5.41, 5.74) is 8.29. The molecule has 0 saturated carbocycles. The van der Waals surface area contributed by atoms with E-state index in [1.165, 1.54) is 11.3 Å². The summed E-state index contributed by atoms with van der Waals surface area (Å²) in [5, 5.41) is 2.29. The molecule has 0 radical (unpaired) electrons. The number of benzene rings is 1. The number of thiazole rings is 1. The van der Waals surface area contributed by atoms with Crippen LogP contribution in [0.1, 0.15) is 28.5 Å². The van der Waals surface area contributed by atoms with Crippen molar-refractivity contribution in [2.45, 2.75) is 26.8 Å². The standard InChI is InChI=1S/C16H18N2O3S/c1-3-21-15(20)8-13-10-22-16(17)18(13)9-14(19)12-6-4-5-11(2)7-12/h4-7,10,17H,3,8-9H2,1-2H3/p+1. The third kappa shape index (κ3) is 3.92. The van der Waals surface area contributed by atoms with Crippen LogP contribution in [0.15, 0.2) is 29.6 Å². The Morgan fingerprint density at radius 3 is 2.82 bits per heavy atom. The normalized spacial score (nSPS) is 10.5. The summed E-state index contributed by atoms with van der Waals surface area (Å²) < 4.78 is 6.61. The molecule has 0 unspecified atom stereocenters. The molecule has 2 rings (SSSR count). The van der Waals surface area contributed by atoms with Crippen LogP contribution in [0.4, 0.5) is 5.13 Å². The highest BCUT2D eigenvalue weighted by Crippen LogP contribution is 2.12. The number of aryl methyl sites for hydroxylation is 1. The van der Waals surface area contributed by atoms with E-state index in [-0.39, 0.29) is 24.7 Å². The highest BCUT2D eigenvalue weighted by atomic mass is 32.1. The molecule has 116 valence electrons. The van der Waals surface area contributed by atoms with Crippen LogP contribution in [-0.2, 0) is 22.5 Å². The number of aromatic nitrogens is 1. The third-order valence-corrected chi connectivity index (χ3v) is 4.05. The quantitative estimate of drug-likeness (QED) is 0.501. The van der Waals surface area contributed by atoms with Gasteiger partial charge in [0.25, 0.3) is 0 Å². The van der Waals surface area contributed by atoms with Crippen LogP contribution >= 0.6 is 11.3 Å². The summed E-state index contributed by atoms with van der Waals surface area (Å²) in [7, 11) is 0. The van der Waals surface area contributed by atoms with Crippen LogP contribution in [0.5, 0.6) is 0 Å². The molecule has 2 N–H and O–H groups in total. The van der Waals surface area contributed by atoms with Crippen molar-refractivity contribution in [3.8, 4) is 0 Å². The highest BCUT2D eigenvalue weighted by molar-refractivity contribution is 7.13. The minimum atomic E-state index is -0.322. The van der Waals surface area contributed by atoms with Gasteiger partial charge < -0.3 is 4.74 Å². The molecule has 0 fully saturated rings. The van der Waals surface area contributed by atoms with Crippen molar-refractivity contribution in [2.75, 3.05) is 12.3 Å². The lowest BCUT2D eigenvalue weighted by Crippen LogP contribution is -2.43. The van der Waals surface area contributed by atoms with Crippen LogP contribution in [0.25, 0.3) is 0 Å². The topological polar surface area (TPSA) is 73.3 Å². The number of nitrogens with two attached hydrogens (primary N) is 1. The van der Waals surface area contributed by atoms with Crippen molar-refractivity contribution in [3.05, 3.63) is 46.5 Å². The predicted octanol–water partition coefficient (Wildman–Crippen LogP) is 1.91. The second-order valence-electron chi connectivity index (χ2n) is 4.93. The van der Waals surface area contributed by atoms with Gasteiger partial charge in [0.1, 0.15) is 12.1 Å². The van der Waals surface area contributed by atoms with Gasteiger partial charge in [-0.3, -0.25) is 15.3 Å². The smallest absolute Gasteiger partial charge is 0.332 e. The van der Waals surface area contributed by atoms with Gasteiger partial charge in [-0.25, -0.2) is 4.57 Å². The molecule has 5 nitrogen and oxygen atoms in total. The number of carbonyl (C=O) groups is 2. The maximum atomic E-state index is 12.4. The number of rotatable bonds is 6. The average molecular weight is 319 g/mol. The van der Waals surface area contributed by atoms with E-state index in [9.17, 15) is 9.59 Å². The molecule has 22 heavy (non-hydrogen) atoms. The number of anilines is 1.